The largest absolute Gasteiger partial charge is 0.394 e. The van der Waals surface area contributed by atoms with E-state index >= 15 is 0 Å². The molecule has 0 bridgehead atoms. The highest BCUT2D eigenvalue weighted by atomic mass is 16.3. The summed E-state index contributed by atoms with van der Waals surface area (Å²) in [4.78, 5) is 4.01. The van der Waals surface area contributed by atoms with Crippen molar-refractivity contribution in [2.45, 2.75) is 33.6 Å². The van der Waals surface area contributed by atoms with E-state index in [1.165, 1.54) is 11.1 Å². The molecule has 0 amide bonds. The Labute approximate surface area is 87.1 Å². The Morgan fingerprint density at radius 1 is 1.29 bits per heavy atom. The van der Waals surface area contributed by atoms with Crippen LogP contribution in [0.25, 0.3) is 0 Å². The van der Waals surface area contributed by atoms with Crippen molar-refractivity contribution in [1.82, 2.24) is 0 Å². The van der Waals surface area contributed by atoms with Crippen molar-refractivity contribution in [1.29, 1.82) is 0 Å². The van der Waals surface area contributed by atoms with Gasteiger partial charge in [0.15, 0.2) is 0 Å². The number of aliphatic hydroxyl groups excluding tert-OH is 1. The van der Waals surface area contributed by atoms with Gasteiger partial charge in [0.25, 0.3) is 0 Å². The Bertz CT molecular complexity index is 222. The molecule has 0 aromatic carbocycles. The SMILES string of the molecule is CC(C)=CCC/C(C)=C/C=NCCO. The van der Waals surface area contributed by atoms with Crippen LogP contribution in [-0.4, -0.2) is 24.5 Å². The molecule has 0 heterocycles. The van der Waals surface area contributed by atoms with Crippen LogP contribution in [0, 0.1) is 0 Å². The Balaban J connectivity index is 3.72. The van der Waals surface area contributed by atoms with Crippen molar-refractivity contribution in [3.8, 4) is 0 Å². The van der Waals surface area contributed by atoms with Gasteiger partial charge in [-0.3, -0.25) is 4.99 Å². The molecule has 0 aromatic heterocycles. The minimum absolute atomic E-state index is 0.126. The zero-order chi connectivity index (χ0) is 10.8. The summed E-state index contributed by atoms with van der Waals surface area (Å²) in [5, 5.41) is 8.49. The second-order valence-corrected chi connectivity index (χ2v) is 3.61. The lowest BCUT2D eigenvalue weighted by atomic mass is 10.1. The Kier molecular flexibility index (Phi) is 8.14. The summed E-state index contributed by atoms with van der Waals surface area (Å²) in [6.07, 6.45) is 8.19. The second-order valence-electron chi connectivity index (χ2n) is 3.61. The van der Waals surface area contributed by atoms with Crippen molar-refractivity contribution in [3.63, 3.8) is 0 Å². The lowest BCUT2D eigenvalue weighted by Gasteiger charge is -1.96. The van der Waals surface area contributed by atoms with E-state index in [-0.39, 0.29) is 6.61 Å². The molecule has 0 saturated heterocycles. The minimum atomic E-state index is 0.126. The molecule has 0 aromatic rings. The van der Waals surface area contributed by atoms with Crippen molar-refractivity contribution in [3.05, 3.63) is 23.3 Å². The van der Waals surface area contributed by atoms with E-state index in [1.54, 1.807) is 6.21 Å². The summed E-state index contributed by atoms with van der Waals surface area (Å²) in [7, 11) is 0. The van der Waals surface area contributed by atoms with Crippen LogP contribution in [0.3, 0.4) is 0 Å². The van der Waals surface area contributed by atoms with Crippen LogP contribution in [-0.2, 0) is 0 Å². The molecule has 14 heavy (non-hydrogen) atoms. The van der Waals surface area contributed by atoms with E-state index in [0.29, 0.717) is 6.54 Å². The van der Waals surface area contributed by atoms with E-state index in [2.05, 4.69) is 31.8 Å². The first-order valence-electron chi connectivity index (χ1n) is 5.06. The normalized spacial score (nSPS) is 12.1. The Morgan fingerprint density at radius 2 is 2.00 bits per heavy atom. The van der Waals surface area contributed by atoms with Gasteiger partial charge < -0.3 is 5.11 Å². The summed E-state index contributed by atoms with van der Waals surface area (Å²) in [6, 6.07) is 0. The summed E-state index contributed by atoms with van der Waals surface area (Å²) >= 11 is 0. The fraction of sp³-hybridized carbons (Fsp3) is 0.583. The van der Waals surface area contributed by atoms with Gasteiger partial charge in [-0.15, -0.1) is 0 Å². The number of hydrogen-bond donors (Lipinski definition) is 1. The van der Waals surface area contributed by atoms with Crippen LogP contribution < -0.4 is 0 Å². The molecule has 0 spiro atoms. The average molecular weight is 195 g/mol. The van der Waals surface area contributed by atoms with Gasteiger partial charge >= 0.3 is 0 Å². The Morgan fingerprint density at radius 3 is 2.57 bits per heavy atom. The van der Waals surface area contributed by atoms with Crippen LogP contribution in [0.4, 0.5) is 0 Å². The van der Waals surface area contributed by atoms with Crippen LogP contribution in [0.1, 0.15) is 33.6 Å². The van der Waals surface area contributed by atoms with Gasteiger partial charge in [-0.05, 0) is 39.7 Å². The zero-order valence-electron chi connectivity index (χ0n) is 9.45. The van der Waals surface area contributed by atoms with Crippen molar-refractivity contribution in [2.24, 2.45) is 4.99 Å². The van der Waals surface area contributed by atoms with Crippen molar-refractivity contribution in [2.75, 3.05) is 13.2 Å². The third-order valence-electron chi connectivity index (χ3n) is 1.78. The number of hydrogen-bond acceptors (Lipinski definition) is 2. The zero-order valence-corrected chi connectivity index (χ0v) is 9.45. The molecule has 0 saturated carbocycles. The third kappa shape index (κ3) is 9.20. The summed E-state index contributed by atoms with van der Waals surface area (Å²) < 4.78 is 0. The van der Waals surface area contributed by atoms with Gasteiger partial charge in [0.1, 0.15) is 0 Å². The van der Waals surface area contributed by atoms with E-state index in [1.807, 2.05) is 6.08 Å². The molecule has 0 unspecified atom stereocenters. The first-order valence-corrected chi connectivity index (χ1v) is 5.06. The molecule has 80 valence electrons. The molecule has 0 rings (SSSR count). The standard InChI is InChI=1S/C12H21NO/c1-11(2)5-4-6-12(3)7-8-13-9-10-14/h5,7-8,14H,4,6,9-10H2,1-3H3/b12-7+,13-8?. The van der Waals surface area contributed by atoms with Gasteiger partial charge in [-0.25, -0.2) is 0 Å². The molecule has 2 heteroatoms. The van der Waals surface area contributed by atoms with Crippen LogP contribution in [0.5, 0.6) is 0 Å². The molecular weight excluding hydrogens is 174 g/mol. The number of aliphatic imine (C=N–C) groups is 1. The molecule has 2 nitrogen and oxygen atoms in total. The lowest BCUT2D eigenvalue weighted by Crippen LogP contribution is -1.86. The highest BCUT2D eigenvalue weighted by Gasteiger charge is 1.86. The monoisotopic (exact) mass is 195 g/mol. The smallest absolute Gasteiger partial charge is 0.0626 e. The van der Waals surface area contributed by atoms with E-state index < -0.39 is 0 Å². The average Bonchev–Trinajstić information content (AvgIpc) is 2.12. The van der Waals surface area contributed by atoms with E-state index in [0.717, 1.165) is 12.8 Å². The Hall–Kier alpha value is -0.890. The maximum atomic E-state index is 8.49. The second kappa shape index (κ2) is 8.70. The summed E-state index contributed by atoms with van der Waals surface area (Å²) in [5.41, 5.74) is 2.69. The third-order valence-corrected chi connectivity index (χ3v) is 1.78. The molecule has 0 aliphatic heterocycles. The quantitative estimate of drug-likeness (QED) is 0.513. The topological polar surface area (TPSA) is 32.6 Å². The van der Waals surface area contributed by atoms with Crippen molar-refractivity contribution < 1.29 is 5.11 Å². The lowest BCUT2D eigenvalue weighted by molar-refractivity contribution is 0.307. The number of aliphatic hydroxyl groups is 1. The molecular formula is C12H21NO. The van der Waals surface area contributed by atoms with E-state index in [4.69, 9.17) is 5.11 Å². The van der Waals surface area contributed by atoms with Gasteiger partial charge in [0.05, 0.1) is 13.2 Å². The van der Waals surface area contributed by atoms with Crippen molar-refractivity contribution >= 4 is 6.21 Å². The van der Waals surface area contributed by atoms with Gasteiger partial charge in [-0.2, -0.15) is 0 Å². The fourth-order valence-electron chi connectivity index (χ4n) is 0.984. The van der Waals surface area contributed by atoms with E-state index in [9.17, 15) is 0 Å². The first kappa shape index (κ1) is 13.1. The number of nitrogens with zero attached hydrogens (tertiary/aromatic N) is 1. The summed E-state index contributed by atoms with van der Waals surface area (Å²) in [5.74, 6) is 0. The van der Waals surface area contributed by atoms with Crippen LogP contribution in [0.15, 0.2) is 28.3 Å². The van der Waals surface area contributed by atoms with Gasteiger partial charge in [-0.1, -0.05) is 17.2 Å². The molecule has 1 N–H and O–H groups in total. The minimum Gasteiger partial charge on any atom is -0.394 e. The number of rotatable bonds is 6. The molecule has 0 atom stereocenters. The first-order chi connectivity index (χ1) is 6.66. The highest BCUT2D eigenvalue weighted by molar-refractivity contribution is 5.71. The van der Waals surface area contributed by atoms with Gasteiger partial charge in [0.2, 0.25) is 0 Å². The number of allylic oxidation sites excluding steroid dienone is 4. The fourth-order valence-corrected chi connectivity index (χ4v) is 0.984. The van der Waals surface area contributed by atoms with Crippen LogP contribution in [0.2, 0.25) is 0 Å². The maximum Gasteiger partial charge on any atom is 0.0626 e. The maximum absolute atomic E-state index is 8.49. The molecule has 0 aliphatic rings. The predicted octanol–water partition coefficient (Wildman–Crippen LogP) is 2.74. The highest BCUT2D eigenvalue weighted by Crippen LogP contribution is 2.05. The predicted molar refractivity (Wildman–Crippen MR) is 62.9 cm³/mol. The molecule has 0 fully saturated rings. The molecule has 0 radical (unpaired) electrons. The van der Waals surface area contributed by atoms with Crippen LogP contribution >= 0.6 is 0 Å². The van der Waals surface area contributed by atoms with Gasteiger partial charge in [0, 0.05) is 6.21 Å². The summed E-state index contributed by atoms with van der Waals surface area (Å²) in [6.45, 7) is 6.95. The molecule has 0 aliphatic carbocycles.